The van der Waals surface area contributed by atoms with Gasteiger partial charge in [0.25, 0.3) is 0 Å². The fourth-order valence-corrected chi connectivity index (χ4v) is 2.76. The van der Waals surface area contributed by atoms with Crippen LogP contribution < -0.4 is 20.9 Å². The van der Waals surface area contributed by atoms with Gasteiger partial charge in [0.1, 0.15) is 0 Å². The molecule has 0 spiro atoms. The van der Waals surface area contributed by atoms with Crippen LogP contribution in [0, 0.1) is 5.92 Å². The molecule has 6 heteroatoms. The maximum atomic E-state index is 11.6. The number of nitrogens with zero attached hydrogens (tertiary/aromatic N) is 2. The van der Waals surface area contributed by atoms with E-state index in [0.29, 0.717) is 13.1 Å². The fourth-order valence-electron chi connectivity index (χ4n) is 2.76. The first-order valence-electron chi connectivity index (χ1n) is 9.84. The number of carbonyl (C=O) groups excluding carboxylic acids is 1. The van der Waals surface area contributed by atoms with Gasteiger partial charge >= 0.3 is 0 Å². The Bertz CT molecular complexity index is 557. The Morgan fingerprint density at radius 2 is 1.85 bits per heavy atom. The molecule has 0 aliphatic heterocycles. The van der Waals surface area contributed by atoms with Crippen molar-refractivity contribution in [3.8, 4) is 0 Å². The van der Waals surface area contributed by atoms with Crippen LogP contribution in [-0.2, 0) is 4.79 Å². The minimum atomic E-state index is 0.189. The van der Waals surface area contributed by atoms with E-state index in [9.17, 15) is 4.79 Å². The van der Waals surface area contributed by atoms with E-state index in [2.05, 4.69) is 64.0 Å². The van der Waals surface area contributed by atoms with Gasteiger partial charge in [0.2, 0.25) is 5.91 Å². The van der Waals surface area contributed by atoms with Gasteiger partial charge in [-0.3, -0.25) is 9.79 Å². The maximum Gasteiger partial charge on any atom is 0.223 e. The van der Waals surface area contributed by atoms with E-state index in [1.165, 1.54) is 5.69 Å². The highest BCUT2D eigenvalue weighted by Crippen LogP contribution is 2.28. The van der Waals surface area contributed by atoms with Crippen LogP contribution in [0.1, 0.15) is 33.1 Å². The number of carbonyl (C=O) groups is 1. The Hall–Kier alpha value is -2.24. The molecule has 3 N–H and O–H groups in total. The van der Waals surface area contributed by atoms with Crippen molar-refractivity contribution in [1.82, 2.24) is 16.0 Å². The minimum absolute atomic E-state index is 0.189. The molecule has 1 aliphatic carbocycles. The van der Waals surface area contributed by atoms with Crippen molar-refractivity contribution < 1.29 is 4.79 Å². The Labute approximate surface area is 157 Å². The van der Waals surface area contributed by atoms with Crippen molar-refractivity contribution in [2.75, 3.05) is 44.2 Å². The van der Waals surface area contributed by atoms with E-state index in [0.717, 1.165) is 51.4 Å². The summed E-state index contributed by atoms with van der Waals surface area (Å²) in [6.45, 7) is 9.14. The molecule has 26 heavy (non-hydrogen) atoms. The van der Waals surface area contributed by atoms with Crippen LogP contribution in [-0.4, -0.2) is 51.1 Å². The number of amides is 1. The van der Waals surface area contributed by atoms with Gasteiger partial charge in [-0.25, -0.2) is 0 Å². The summed E-state index contributed by atoms with van der Waals surface area (Å²) in [5, 5.41) is 9.49. The third-order valence-corrected chi connectivity index (χ3v) is 4.37. The molecule has 2 rings (SSSR count). The lowest BCUT2D eigenvalue weighted by molar-refractivity contribution is -0.122. The van der Waals surface area contributed by atoms with Crippen LogP contribution in [0.2, 0.25) is 0 Å². The molecule has 144 valence electrons. The summed E-state index contributed by atoms with van der Waals surface area (Å²) in [7, 11) is 0. The van der Waals surface area contributed by atoms with Crippen LogP contribution in [0.25, 0.3) is 0 Å². The maximum absolute atomic E-state index is 11.6. The molecule has 1 aromatic rings. The molecule has 1 aromatic carbocycles. The first-order chi connectivity index (χ1) is 12.7. The number of aliphatic imine (C=N–C) groups is 1. The number of hydrogen-bond donors (Lipinski definition) is 3. The third-order valence-electron chi connectivity index (χ3n) is 4.37. The highest BCUT2D eigenvalue weighted by molar-refractivity contribution is 5.81. The highest BCUT2D eigenvalue weighted by Gasteiger charge is 2.28. The molecule has 0 radical (unpaired) electrons. The van der Waals surface area contributed by atoms with E-state index >= 15 is 0 Å². The highest BCUT2D eigenvalue weighted by atomic mass is 16.2. The summed E-state index contributed by atoms with van der Waals surface area (Å²) in [4.78, 5) is 18.6. The van der Waals surface area contributed by atoms with Crippen molar-refractivity contribution >= 4 is 17.6 Å². The van der Waals surface area contributed by atoms with Crippen LogP contribution in [0.3, 0.4) is 0 Å². The minimum Gasteiger partial charge on any atom is -0.372 e. The first kappa shape index (κ1) is 20.1. The lowest BCUT2D eigenvalue weighted by Gasteiger charge is -2.22. The lowest BCUT2D eigenvalue weighted by atomic mass is 10.2. The second-order valence-electron chi connectivity index (χ2n) is 6.52. The smallest absolute Gasteiger partial charge is 0.223 e. The largest absolute Gasteiger partial charge is 0.372 e. The zero-order valence-electron chi connectivity index (χ0n) is 16.1. The molecular weight excluding hydrogens is 326 g/mol. The van der Waals surface area contributed by atoms with E-state index in [1.54, 1.807) is 0 Å². The summed E-state index contributed by atoms with van der Waals surface area (Å²) in [5.74, 6) is 1.27. The summed E-state index contributed by atoms with van der Waals surface area (Å²) in [6.07, 6.45) is 3.08. The number of guanidine groups is 1. The average Bonchev–Trinajstić information content (AvgIpc) is 3.51. The third kappa shape index (κ3) is 7.33. The standard InChI is InChI=1S/C20H33N5O/c1-3-21-20(24-15-14-22-19(26)17-11-12-17)23-13-8-16-25(4-2)18-9-6-5-7-10-18/h5-7,9-10,17H,3-4,8,11-16H2,1-2H3,(H,22,26)(H2,21,23,24). The van der Waals surface area contributed by atoms with Crippen LogP contribution >= 0.6 is 0 Å². The van der Waals surface area contributed by atoms with E-state index < -0.39 is 0 Å². The van der Waals surface area contributed by atoms with Gasteiger partial charge in [-0.05, 0) is 45.2 Å². The SMILES string of the molecule is CCNC(=NCCCN(CC)c1ccccc1)NCCNC(=O)C1CC1. The topological polar surface area (TPSA) is 68.8 Å². The number of para-hydroxylation sites is 1. The average molecular weight is 360 g/mol. The van der Waals surface area contributed by atoms with E-state index in [-0.39, 0.29) is 11.8 Å². The molecule has 0 heterocycles. The number of anilines is 1. The lowest BCUT2D eigenvalue weighted by Crippen LogP contribution is -2.41. The molecule has 0 atom stereocenters. The predicted octanol–water partition coefficient (Wildman–Crippen LogP) is 1.98. The first-order valence-corrected chi connectivity index (χ1v) is 9.84. The molecule has 6 nitrogen and oxygen atoms in total. The zero-order chi connectivity index (χ0) is 18.6. The van der Waals surface area contributed by atoms with Crippen molar-refractivity contribution in [1.29, 1.82) is 0 Å². The molecule has 0 unspecified atom stereocenters. The monoisotopic (exact) mass is 359 g/mol. The Morgan fingerprint density at radius 1 is 1.12 bits per heavy atom. The molecule has 0 bridgehead atoms. The van der Waals surface area contributed by atoms with Crippen molar-refractivity contribution in [3.05, 3.63) is 30.3 Å². The van der Waals surface area contributed by atoms with Crippen LogP contribution in [0.4, 0.5) is 5.69 Å². The number of hydrogen-bond acceptors (Lipinski definition) is 3. The number of rotatable bonds is 11. The van der Waals surface area contributed by atoms with Crippen LogP contribution in [0.15, 0.2) is 35.3 Å². The number of nitrogens with one attached hydrogen (secondary N) is 3. The van der Waals surface area contributed by atoms with Gasteiger partial charge < -0.3 is 20.9 Å². The molecule has 0 aromatic heterocycles. The second-order valence-corrected chi connectivity index (χ2v) is 6.52. The van der Waals surface area contributed by atoms with Gasteiger partial charge in [0, 0.05) is 50.9 Å². The van der Waals surface area contributed by atoms with Crippen molar-refractivity contribution in [3.63, 3.8) is 0 Å². The van der Waals surface area contributed by atoms with E-state index in [1.807, 2.05) is 6.07 Å². The van der Waals surface area contributed by atoms with Gasteiger partial charge in [-0.15, -0.1) is 0 Å². The van der Waals surface area contributed by atoms with Gasteiger partial charge in [0.05, 0.1) is 0 Å². The Balaban J connectivity index is 1.67. The summed E-state index contributed by atoms with van der Waals surface area (Å²) < 4.78 is 0. The van der Waals surface area contributed by atoms with Crippen molar-refractivity contribution in [2.45, 2.75) is 33.1 Å². The molecule has 0 saturated heterocycles. The Morgan fingerprint density at radius 3 is 2.50 bits per heavy atom. The summed E-state index contributed by atoms with van der Waals surface area (Å²) in [6, 6.07) is 10.5. The molecule has 1 saturated carbocycles. The quantitative estimate of drug-likeness (QED) is 0.321. The Kier molecular flexibility index (Phi) is 8.79. The zero-order valence-corrected chi connectivity index (χ0v) is 16.1. The summed E-state index contributed by atoms with van der Waals surface area (Å²) >= 11 is 0. The molecule has 1 fully saturated rings. The van der Waals surface area contributed by atoms with Gasteiger partial charge in [0.15, 0.2) is 5.96 Å². The number of benzene rings is 1. The van der Waals surface area contributed by atoms with Gasteiger partial charge in [-0.1, -0.05) is 18.2 Å². The van der Waals surface area contributed by atoms with E-state index in [4.69, 9.17) is 0 Å². The normalized spacial score (nSPS) is 14.0. The molecule has 1 amide bonds. The second kappa shape index (κ2) is 11.4. The van der Waals surface area contributed by atoms with Crippen LogP contribution in [0.5, 0.6) is 0 Å². The van der Waals surface area contributed by atoms with Crippen molar-refractivity contribution in [2.24, 2.45) is 10.9 Å². The summed E-state index contributed by atoms with van der Waals surface area (Å²) in [5.41, 5.74) is 1.26. The predicted molar refractivity (Wildman–Crippen MR) is 109 cm³/mol. The van der Waals surface area contributed by atoms with Gasteiger partial charge in [-0.2, -0.15) is 0 Å². The molecular formula is C20H33N5O. The molecule has 1 aliphatic rings. The fraction of sp³-hybridized carbons (Fsp3) is 0.600.